The van der Waals surface area contributed by atoms with Gasteiger partial charge < -0.3 is 0 Å². The highest BCUT2D eigenvalue weighted by Crippen LogP contribution is 2.04. The van der Waals surface area contributed by atoms with Gasteiger partial charge in [0.15, 0.2) is 0 Å². The van der Waals surface area contributed by atoms with E-state index in [2.05, 4.69) is 69.4 Å². The van der Waals surface area contributed by atoms with Crippen molar-refractivity contribution in [3.8, 4) is 0 Å². The fraction of sp³-hybridized carbons (Fsp3) is 0.619. The van der Waals surface area contributed by atoms with Gasteiger partial charge in [-0.15, -0.1) is 0 Å². The maximum atomic E-state index is 2.32. The average Bonchev–Trinajstić information content (AvgIpc) is 2.46. The van der Waals surface area contributed by atoms with Crippen LogP contribution in [-0.4, -0.2) is 0 Å². The number of hydrogen-bond donors (Lipinski definition) is 0. The molecule has 0 aromatic rings. The van der Waals surface area contributed by atoms with Crippen LogP contribution in [0.1, 0.15) is 78.6 Å². The summed E-state index contributed by atoms with van der Waals surface area (Å²) in [6.07, 6.45) is 29.2. The summed E-state index contributed by atoms with van der Waals surface area (Å²) in [6.45, 7) is 6.81. The first-order valence-electron chi connectivity index (χ1n) is 8.87. The first-order valence-corrected chi connectivity index (χ1v) is 8.87. The molecule has 0 aromatic carbocycles. The molecule has 0 amide bonds. The van der Waals surface area contributed by atoms with E-state index in [4.69, 9.17) is 0 Å². The molecule has 0 N–H and O–H groups in total. The van der Waals surface area contributed by atoms with Crippen molar-refractivity contribution in [1.29, 1.82) is 0 Å². The summed E-state index contributed by atoms with van der Waals surface area (Å²) in [6, 6.07) is 0. The lowest BCUT2D eigenvalue weighted by Crippen LogP contribution is -1.83. The van der Waals surface area contributed by atoms with Gasteiger partial charge in [0.25, 0.3) is 0 Å². The predicted octanol–water partition coefficient (Wildman–Crippen LogP) is 7.40. The van der Waals surface area contributed by atoms with E-state index in [1.807, 2.05) is 0 Å². The molecule has 0 heteroatoms. The van der Waals surface area contributed by atoms with Crippen LogP contribution in [0.2, 0.25) is 0 Å². The van der Waals surface area contributed by atoms with Crippen LogP contribution < -0.4 is 0 Å². The molecule has 0 nitrogen and oxygen atoms in total. The molecular weight excluding hydrogens is 252 g/mol. The molecule has 0 unspecified atom stereocenters. The van der Waals surface area contributed by atoms with Gasteiger partial charge in [0.05, 0.1) is 0 Å². The molecule has 0 aliphatic heterocycles. The molecule has 0 bridgehead atoms. The Morgan fingerprint density at radius 3 is 1.57 bits per heavy atom. The van der Waals surface area contributed by atoms with E-state index >= 15 is 0 Å². The second-order valence-electron chi connectivity index (χ2n) is 6.06. The molecule has 0 heterocycles. The Bertz CT molecular complexity index is 302. The van der Waals surface area contributed by atoms with E-state index in [0.29, 0.717) is 0 Å². The molecule has 0 aliphatic carbocycles. The lowest BCUT2D eigenvalue weighted by molar-refractivity contribution is 0.594. The number of hydrogen-bond acceptors (Lipinski definition) is 0. The van der Waals surface area contributed by atoms with Crippen molar-refractivity contribution in [2.24, 2.45) is 5.92 Å². The van der Waals surface area contributed by atoms with Crippen LogP contribution in [0.15, 0.2) is 48.6 Å². The van der Waals surface area contributed by atoms with Gasteiger partial charge >= 0.3 is 0 Å². The van der Waals surface area contributed by atoms with Crippen LogP contribution in [0, 0.1) is 5.92 Å². The molecule has 0 aliphatic rings. The van der Waals surface area contributed by atoms with Gasteiger partial charge in [0, 0.05) is 0 Å². The van der Waals surface area contributed by atoms with Gasteiger partial charge in [0.1, 0.15) is 0 Å². The molecule has 21 heavy (non-hydrogen) atoms. The Kier molecular flexibility index (Phi) is 16.2. The van der Waals surface area contributed by atoms with Gasteiger partial charge in [-0.3, -0.25) is 0 Å². The zero-order valence-corrected chi connectivity index (χ0v) is 14.6. The standard InChI is InChI=1S/C21H36/c1-4-5-6-7-8-9-10-11-12-13-14-15-16-17-18-19-20-21(2)3/h8-9,11-12,14-15,17-18,21H,4-7,10,13,16,19-20H2,1-3H3/b9-8-,12-11-,15-14-,18-17-. The van der Waals surface area contributed by atoms with Crippen molar-refractivity contribution in [2.45, 2.75) is 78.6 Å². The minimum Gasteiger partial charge on any atom is -0.0882 e. The number of allylic oxidation sites excluding steroid dienone is 8. The van der Waals surface area contributed by atoms with Crippen LogP contribution in [0.4, 0.5) is 0 Å². The molecular formula is C21H36. The fourth-order valence-corrected chi connectivity index (χ4v) is 1.99. The molecule has 0 spiro atoms. The average molecular weight is 289 g/mol. The molecule has 0 saturated carbocycles. The van der Waals surface area contributed by atoms with Crippen LogP contribution in [0.3, 0.4) is 0 Å². The van der Waals surface area contributed by atoms with E-state index in [1.165, 1.54) is 38.5 Å². The maximum Gasteiger partial charge on any atom is -0.0169 e. The third-order valence-corrected chi connectivity index (χ3v) is 3.37. The Hall–Kier alpha value is -1.04. The van der Waals surface area contributed by atoms with E-state index in [-0.39, 0.29) is 0 Å². The predicted molar refractivity (Wildman–Crippen MR) is 98.6 cm³/mol. The summed E-state index contributed by atoms with van der Waals surface area (Å²) in [5, 5.41) is 0. The van der Waals surface area contributed by atoms with Gasteiger partial charge in [-0.1, -0.05) is 82.2 Å². The topological polar surface area (TPSA) is 0 Å². The highest BCUT2D eigenvalue weighted by Gasteiger charge is 1.88. The van der Waals surface area contributed by atoms with Crippen molar-refractivity contribution >= 4 is 0 Å². The van der Waals surface area contributed by atoms with E-state index < -0.39 is 0 Å². The summed E-state index contributed by atoms with van der Waals surface area (Å²) in [5.41, 5.74) is 0. The quantitative estimate of drug-likeness (QED) is 0.245. The second kappa shape index (κ2) is 17.0. The molecule has 0 atom stereocenters. The van der Waals surface area contributed by atoms with Crippen molar-refractivity contribution in [3.05, 3.63) is 48.6 Å². The summed E-state index contributed by atoms with van der Waals surface area (Å²) in [7, 11) is 0. The lowest BCUT2D eigenvalue weighted by atomic mass is 10.1. The van der Waals surface area contributed by atoms with Crippen molar-refractivity contribution in [1.82, 2.24) is 0 Å². The first kappa shape index (κ1) is 20.0. The van der Waals surface area contributed by atoms with Crippen LogP contribution >= 0.6 is 0 Å². The summed E-state index contributed by atoms with van der Waals surface area (Å²) >= 11 is 0. The summed E-state index contributed by atoms with van der Waals surface area (Å²) in [5.74, 6) is 0.816. The number of rotatable bonds is 13. The molecule has 0 radical (unpaired) electrons. The Balaban J connectivity index is 3.39. The summed E-state index contributed by atoms with van der Waals surface area (Å²) in [4.78, 5) is 0. The first-order chi connectivity index (χ1) is 10.3. The largest absolute Gasteiger partial charge is 0.0882 e. The second-order valence-corrected chi connectivity index (χ2v) is 6.06. The minimum absolute atomic E-state index is 0.816. The van der Waals surface area contributed by atoms with Crippen LogP contribution in [0.5, 0.6) is 0 Å². The fourth-order valence-electron chi connectivity index (χ4n) is 1.99. The van der Waals surface area contributed by atoms with Gasteiger partial charge in [0.2, 0.25) is 0 Å². The van der Waals surface area contributed by atoms with Crippen LogP contribution in [0.25, 0.3) is 0 Å². The zero-order valence-electron chi connectivity index (χ0n) is 14.6. The Morgan fingerprint density at radius 1 is 0.619 bits per heavy atom. The Morgan fingerprint density at radius 2 is 1.10 bits per heavy atom. The molecule has 120 valence electrons. The van der Waals surface area contributed by atoms with Crippen molar-refractivity contribution in [2.75, 3.05) is 0 Å². The van der Waals surface area contributed by atoms with Gasteiger partial charge in [-0.2, -0.15) is 0 Å². The molecule has 0 fully saturated rings. The minimum atomic E-state index is 0.816. The third-order valence-electron chi connectivity index (χ3n) is 3.37. The van der Waals surface area contributed by atoms with E-state index in [0.717, 1.165) is 25.2 Å². The zero-order chi connectivity index (χ0) is 15.6. The molecule has 0 aromatic heterocycles. The maximum absolute atomic E-state index is 2.32. The lowest BCUT2D eigenvalue weighted by Gasteiger charge is -1.98. The third kappa shape index (κ3) is 19.0. The SMILES string of the molecule is CCCCC/C=C\C/C=C\C/C=C\C/C=C\CCC(C)C. The highest BCUT2D eigenvalue weighted by molar-refractivity contribution is 4.99. The van der Waals surface area contributed by atoms with E-state index in [1.54, 1.807) is 0 Å². The van der Waals surface area contributed by atoms with Gasteiger partial charge in [-0.25, -0.2) is 0 Å². The summed E-state index contributed by atoms with van der Waals surface area (Å²) < 4.78 is 0. The highest BCUT2D eigenvalue weighted by atomic mass is 13.9. The van der Waals surface area contributed by atoms with Crippen LogP contribution in [-0.2, 0) is 0 Å². The van der Waals surface area contributed by atoms with E-state index in [9.17, 15) is 0 Å². The molecule has 0 rings (SSSR count). The monoisotopic (exact) mass is 288 g/mol. The number of unbranched alkanes of at least 4 members (excludes halogenated alkanes) is 3. The normalized spacial score (nSPS) is 13.0. The van der Waals surface area contributed by atoms with Gasteiger partial charge in [-0.05, 0) is 50.9 Å². The van der Waals surface area contributed by atoms with Crippen molar-refractivity contribution in [3.63, 3.8) is 0 Å². The Labute approximate surface area is 133 Å². The molecule has 0 saturated heterocycles. The van der Waals surface area contributed by atoms with Crippen molar-refractivity contribution < 1.29 is 0 Å². The smallest absolute Gasteiger partial charge is 0.0169 e.